The van der Waals surface area contributed by atoms with Gasteiger partial charge in [-0.25, -0.2) is 0 Å². The minimum Gasteiger partial charge on any atom is -0.409 e. The van der Waals surface area contributed by atoms with Crippen molar-refractivity contribution in [3.05, 3.63) is 0 Å². The number of nitrogens with two attached hydrogens (primary N) is 1. The Labute approximate surface area is 78.6 Å². The van der Waals surface area contributed by atoms with Gasteiger partial charge in [0.15, 0.2) is 0 Å². The topological polar surface area (TPSA) is 90.9 Å². The maximum Gasteiger partial charge on any atom is 0.140 e. The molecule has 0 aromatic heterocycles. The Bertz CT molecular complexity index is 161. The van der Waals surface area contributed by atoms with E-state index in [4.69, 9.17) is 16.0 Å². The fourth-order valence-electron chi connectivity index (χ4n) is 0.837. The molecule has 0 rings (SSSR count). The zero-order valence-corrected chi connectivity index (χ0v) is 8.20. The molecule has 0 aliphatic heterocycles. The summed E-state index contributed by atoms with van der Waals surface area (Å²) in [4.78, 5) is 0. The first-order valence-corrected chi connectivity index (χ1v) is 4.42. The van der Waals surface area contributed by atoms with E-state index in [0.717, 1.165) is 0 Å². The highest BCUT2D eigenvalue weighted by Gasteiger charge is 2.09. The minimum atomic E-state index is 0.164. The van der Waals surface area contributed by atoms with Gasteiger partial charge in [-0.2, -0.15) is 0 Å². The normalized spacial score (nSPS) is 17.0. The predicted molar refractivity (Wildman–Crippen MR) is 51.7 cm³/mol. The summed E-state index contributed by atoms with van der Waals surface area (Å²) in [7, 11) is 0. The van der Waals surface area contributed by atoms with Gasteiger partial charge in [-0.3, -0.25) is 0 Å². The lowest BCUT2D eigenvalue weighted by Gasteiger charge is -2.18. The Morgan fingerprint density at radius 1 is 1.54 bits per heavy atom. The molecule has 78 valence electrons. The number of amidine groups is 1. The van der Waals surface area contributed by atoms with Crippen molar-refractivity contribution in [3.63, 3.8) is 0 Å². The molecule has 2 unspecified atom stereocenters. The summed E-state index contributed by atoms with van der Waals surface area (Å²) < 4.78 is 0. The molecule has 0 saturated carbocycles. The third-order valence-corrected chi connectivity index (χ3v) is 2.12. The second-order valence-corrected chi connectivity index (χ2v) is 3.24. The van der Waals surface area contributed by atoms with E-state index in [1.54, 1.807) is 0 Å². The molecule has 0 spiro atoms. The molecule has 5 heteroatoms. The highest BCUT2D eigenvalue weighted by Crippen LogP contribution is 1.99. The summed E-state index contributed by atoms with van der Waals surface area (Å²) in [5.41, 5.74) is 5.28. The Morgan fingerprint density at radius 3 is 2.62 bits per heavy atom. The van der Waals surface area contributed by atoms with Crippen LogP contribution in [-0.2, 0) is 0 Å². The average molecular weight is 189 g/mol. The highest BCUT2D eigenvalue weighted by molar-refractivity contribution is 5.79. The van der Waals surface area contributed by atoms with E-state index in [-0.39, 0.29) is 24.4 Å². The molecule has 13 heavy (non-hydrogen) atoms. The van der Waals surface area contributed by atoms with E-state index in [0.29, 0.717) is 13.0 Å². The largest absolute Gasteiger partial charge is 0.409 e. The molecule has 0 aliphatic carbocycles. The number of hydrogen-bond donors (Lipinski definition) is 4. The smallest absolute Gasteiger partial charge is 0.140 e. The first kappa shape index (κ1) is 12.2. The Morgan fingerprint density at radius 2 is 2.15 bits per heavy atom. The quantitative estimate of drug-likeness (QED) is 0.200. The molecular weight excluding hydrogens is 170 g/mol. The first-order valence-electron chi connectivity index (χ1n) is 4.42. The van der Waals surface area contributed by atoms with Gasteiger partial charge in [0, 0.05) is 25.6 Å². The SMILES string of the molecule is CC(CO)C(C)NCCC(N)=NO. The summed E-state index contributed by atoms with van der Waals surface area (Å²) >= 11 is 0. The number of hydrogen-bond acceptors (Lipinski definition) is 4. The van der Waals surface area contributed by atoms with Gasteiger partial charge in [0.25, 0.3) is 0 Å². The number of rotatable bonds is 6. The number of nitrogens with one attached hydrogen (secondary N) is 1. The maximum absolute atomic E-state index is 8.83. The molecule has 0 radical (unpaired) electrons. The molecular formula is C8H19N3O2. The summed E-state index contributed by atoms with van der Waals surface area (Å²) in [6.45, 7) is 4.77. The summed E-state index contributed by atoms with van der Waals surface area (Å²) in [5.74, 6) is 0.434. The molecule has 5 nitrogen and oxygen atoms in total. The fraction of sp³-hybridized carbons (Fsp3) is 0.875. The lowest BCUT2D eigenvalue weighted by molar-refractivity contribution is 0.208. The average Bonchev–Trinajstić information content (AvgIpc) is 2.15. The molecule has 0 amide bonds. The lowest BCUT2D eigenvalue weighted by Crippen LogP contribution is -2.35. The van der Waals surface area contributed by atoms with Crippen molar-refractivity contribution in [3.8, 4) is 0 Å². The Balaban J connectivity index is 3.53. The monoisotopic (exact) mass is 189 g/mol. The van der Waals surface area contributed by atoms with Gasteiger partial charge < -0.3 is 21.4 Å². The third kappa shape index (κ3) is 5.43. The van der Waals surface area contributed by atoms with E-state index >= 15 is 0 Å². The summed E-state index contributed by atoms with van der Waals surface area (Å²) in [5, 5.41) is 23.1. The van der Waals surface area contributed by atoms with Crippen molar-refractivity contribution < 1.29 is 10.3 Å². The van der Waals surface area contributed by atoms with Gasteiger partial charge in [-0.15, -0.1) is 0 Å². The third-order valence-electron chi connectivity index (χ3n) is 2.12. The fourth-order valence-corrected chi connectivity index (χ4v) is 0.837. The molecule has 0 heterocycles. The van der Waals surface area contributed by atoms with Crippen molar-refractivity contribution in [2.24, 2.45) is 16.8 Å². The van der Waals surface area contributed by atoms with Crippen LogP contribution in [0.25, 0.3) is 0 Å². The lowest BCUT2D eigenvalue weighted by atomic mass is 10.1. The minimum absolute atomic E-state index is 0.164. The zero-order valence-electron chi connectivity index (χ0n) is 8.20. The number of aliphatic hydroxyl groups excluding tert-OH is 1. The second-order valence-electron chi connectivity index (χ2n) is 3.24. The molecule has 0 saturated heterocycles. The van der Waals surface area contributed by atoms with Crippen LogP contribution in [-0.4, -0.2) is 35.3 Å². The molecule has 2 atom stereocenters. The molecule has 0 aromatic carbocycles. The van der Waals surface area contributed by atoms with Gasteiger partial charge in [0.1, 0.15) is 5.84 Å². The second kappa shape index (κ2) is 6.68. The van der Waals surface area contributed by atoms with Crippen LogP contribution in [0.5, 0.6) is 0 Å². The van der Waals surface area contributed by atoms with Crippen LogP contribution >= 0.6 is 0 Å². The van der Waals surface area contributed by atoms with Crippen LogP contribution in [0, 0.1) is 5.92 Å². The number of oxime groups is 1. The number of nitrogens with zero attached hydrogens (tertiary/aromatic N) is 1. The van der Waals surface area contributed by atoms with Crippen LogP contribution in [0.1, 0.15) is 20.3 Å². The zero-order chi connectivity index (χ0) is 10.3. The van der Waals surface area contributed by atoms with Gasteiger partial charge in [-0.05, 0) is 12.8 Å². The van der Waals surface area contributed by atoms with Crippen molar-refractivity contribution in [2.75, 3.05) is 13.2 Å². The summed E-state index contributed by atoms with van der Waals surface area (Å²) in [6, 6.07) is 0.233. The van der Waals surface area contributed by atoms with E-state index < -0.39 is 0 Å². The van der Waals surface area contributed by atoms with Crippen molar-refractivity contribution >= 4 is 5.84 Å². The highest BCUT2D eigenvalue weighted by atomic mass is 16.4. The van der Waals surface area contributed by atoms with E-state index in [2.05, 4.69) is 10.5 Å². The van der Waals surface area contributed by atoms with Crippen LogP contribution in [0.3, 0.4) is 0 Å². The molecule has 0 aromatic rings. The van der Waals surface area contributed by atoms with Crippen molar-refractivity contribution in [1.29, 1.82) is 0 Å². The van der Waals surface area contributed by atoms with E-state index in [1.165, 1.54) is 0 Å². The standard InChI is InChI=1S/C8H19N3O2/c1-6(5-12)7(2)10-4-3-8(9)11-13/h6-7,10,12-13H,3-5H2,1-2H3,(H2,9,11). The van der Waals surface area contributed by atoms with Crippen LogP contribution in [0.2, 0.25) is 0 Å². The predicted octanol–water partition coefficient (Wildman–Crippen LogP) is -0.271. The van der Waals surface area contributed by atoms with Gasteiger partial charge in [0.05, 0.1) is 0 Å². The van der Waals surface area contributed by atoms with Gasteiger partial charge in [-0.1, -0.05) is 12.1 Å². The van der Waals surface area contributed by atoms with Crippen molar-refractivity contribution in [2.45, 2.75) is 26.3 Å². The Kier molecular flexibility index (Phi) is 6.26. The maximum atomic E-state index is 8.83. The summed E-state index contributed by atoms with van der Waals surface area (Å²) in [6.07, 6.45) is 0.513. The molecule has 5 N–H and O–H groups in total. The van der Waals surface area contributed by atoms with E-state index in [1.807, 2.05) is 13.8 Å². The van der Waals surface area contributed by atoms with Gasteiger partial charge >= 0.3 is 0 Å². The van der Waals surface area contributed by atoms with Gasteiger partial charge in [0.2, 0.25) is 0 Å². The molecule has 0 fully saturated rings. The van der Waals surface area contributed by atoms with E-state index in [9.17, 15) is 0 Å². The number of aliphatic hydroxyl groups is 1. The van der Waals surface area contributed by atoms with Crippen LogP contribution in [0.4, 0.5) is 0 Å². The van der Waals surface area contributed by atoms with Crippen LogP contribution in [0.15, 0.2) is 5.16 Å². The first-order chi connectivity index (χ1) is 6.11. The molecule has 0 bridgehead atoms. The molecule has 0 aliphatic rings. The Hall–Kier alpha value is -0.810. The van der Waals surface area contributed by atoms with Crippen molar-refractivity contribution in [1.82, 2.24) is 5.32 Å². The van der Waals surface area contributed by atoms with Crippen LogP contribution < -0.4 is 11.1 Å².